The van der Waals surface area contributed by atoms with Crippen molar-refractivity contribution in [1.82, 2.24) is 9.13 Å². The maximum absolute atomic E-state index is 9.83. The summed E-state index contributed by atoms with van der Waals surface area (Å²) >= 11 is 0. The van der Waals surface area contributed by atoms with Crippen LogP contribution < -0.4 is 0 Å². The van der Waals surface area contributed by atoms with E-state index >= 15 is 0 Å². The Balaban J connectivity index is 1.42. The van der Waals surface area contributed by atoms with Gasteiger partial charge in [-0.15, -0.1) is 0 Å². The molecule has 0 saturated heterocycles. The van der Waals surface area contributed by atoms with Crippen LogP contribution in [0.5, 0.6) is 0 Å². The number of rotatable bonds is 5. The second-order valence-corrected chi connectivity index (χ2v) is 11.0. The normalized spacial score (nSPS) is 20.1. The minimum Gasteiger partial charge on any atom is -0.309 e. The van der Waals surface area contributed by atoms with Crippen LogP contribution in [-0.2, 0) is 0 Å². The van der Waals surface area contributed by atoms with Crippen LogP contribution >= 0.6 is 0 Å². The zero-order valence-electron chi connectivity index (χ0n) is 56.9. The van der Waals surface area contributed by atoms with Gasteiger partial charge in [0.05, 0.1) is 64.6 Å². The molecule has 0 bridgehead atoms. The van der Waals surface area contributed by atoms with E-state index in [4.69, 9.17) is 23.3 Å². The van der Waals surface area contributed by atoms with Gasteiger partial charge in [0.15, 0.2) is 0 Å². The van der Waals surface area contributed by atoms with E-state index in [1.807, 2.05) is 0 Å². The number of hydrogen-bond acceptors (Lipinski definition) is 0. The van der Waals surface area contributed by atoms with Gasteiger partial charge in [0, 0.05) is 32.9 Å². The summed E-state index contributed by atoms with van der Waals surface area (Å²) < 4.78 is 281. The fourth-order valence-electron chi connectivity index (χ4n) is 5.90. The van der Waals surface area contributed by atoms with Gasteiger partial charge in [0.25, 0.3) is 0 Å². The quantitative estimate of drug-likeness (QED) is 0.171. The molecule has 0 unspecified atom stereocenters. The van der Waals surface area contributed by atoms with Gasteiger partial charge >= 0.3 is 0 Å². The van der Waals surface area contributed by atoms with Gasteiger partial charge < -0.3 is 9.13 Å². The lowest BCUT2D eigenvalue weighted by molar-refractivity contribution is 1.17. The summed E-state index contributed by atoms with van der Waals surface area (Å²) in [6.45, 7) is 1.28. The molecule has 10 aromatic rings. The molecule has 0 spiro atoms. The highest BCUT2D eigenvalue weighted by atomic mass is 15.0. The summed E-state index contributed by atoms with van der Waals surface area (Å²) in [5.74, 6) is 0. The van der Waals surface area contributed by atoms with Crippen LogP contribution in [0.15, 0.2) is 187 Å². The van der Waals surface area contributed by atoms with Crippen LogP contribution in [0.4, 0.5) is 0 Å². The van der Waals surface area contributed by atoms with Gasteiger partial charge in [-0.05, 0) is 88.6 Å². The molecule has 0 atom stereocenters. The van der Waals surface area contributed by atoms with Crippen LogP contribution in [0.1, 0.15) is 48.1 Å². The number of hydrogen-bond donors (Lipinski definition) is 0. The number of para-hydroxylation sites is 2. The Morgan fingerprint density at radius 1 is 0.333 bits per heavy atom. The van der Waals surface area contributed by atoms with Crippen molar-refractivity contribution >= 4 is 43.6 Å². The highest BCUT2D eigenvalue weighted by Gasteiger charge is 2.20. The second-order valence-electron chi connectivity index (χ2n) is 11.0. The molecule has 10 rings (SSSR count). The molecule has 0 N–H and O–H groups in total. The average Bonchev–Trinajstić information content (AvgIpc) is 4.21. The van der Waals surface area contributed by atoms with Crippen molar-refractivity contribution in [3.8, 4) is 44.8 Å². The second kappa shape index (κ2) is 11.8. The minimum absolute atomic E-state index is 0.139. The Kier molecular flexibility index (Phi) is 2.70. The molecule has 0 fully saturated rings. The molecule has 0 saturated carbocycles. The third-order valence-electron chi connectivity index (χ3n) is 8.05. The fraction of sp³-hybridized carbons (Fsp3) is 0.0204. The Hall–Kier alpha value is -6.64. The van der Waals surface area contributed by atoms with Crippen LogP contribution in [0.3, 0.4) is 0 Å². The van der Waals surface area contributed by atoms with Crippen LogP contribution in [0, 0.1) is 6.92 Å². The standard InChI is InChI=1S/C49H34N2/c1-33-11-9-14-38(31-33)36-21-23-37(24-22-36)39-15-10-16-41(32-39)51-45-20-8-6-18-43(45)49-47(51)30-29-46-48(49)42-17-5-7-19-44(42)50(46)40-27-25-35(26-28-40)34-12-3-2-4-13-34/h2-32H,1H3/i2D,3D,4D,5D,6D,7D,8D,9D,10D,11D,12D,13D,14D,15D,16D,17D,18D,19D,20D,21D,22D,23D,24D,25D,26D,27D,28D,29D,30D,31D,32D. The molecule has 51 heavy (non-hydrogen) atoms. The number of aromatic nitrogens is 2. The minimum atomic E-state index is -1.10. The number of fused-ring (bicyclic) bond motifs is 7. The van der Waals surface area contributed by atoms with E-state index in [-0.39, 0.29) is 5.56 Å². The van der Waals surface area contributed by atoms with Gasteiger partial charge in [-0.25, -0.2) is 0 Å². The summed E-state index contributed by atoms with van der Waals surface area (Å²) in [7, 11) is 0. The first kappa shape index (κ1) is 11.7. The summed E-state index contributed by atoms with van der Waals surface area (Å²) in [6, 6.07) is -29.3. The summed E-state index contributed by atoms with van der Waals surface area (Å²) in [5, 5.41) is -2.38. The molecular formula is C49H34N2. The monoisotopic (exact) mass is 681 g/mol. The average molecular weight is 682 g/mol. The lowest BCUT2D eigenvalue weighted by Gasteiger charge is -2.12. The van der Waals surface area contributed by atoms with Gasteiger partial charge in [-0.3, -0.25) is 0 Å². The number of nitrogens with zero attached hydrogens (tertiary/aromatic N) is 2. The van der Waals surface area contributed by atoms with Gasteiger partial charge in [-0.2, -0.15) is 0 Å². The van der Waals surface area contributed by atoms with E-state index in [2.05, 4.69) is 0 Å². The Morgan fingerprint density at radius 2 is 0.784 bits per heavy atom. The topological polar surface area (TPSA) is 9.86 Å². The largest absolute Gasteiger partial charge is 0.309 e. The van der Waals surface area contributed by atoms with Gasteiger partial charge in [-0.1, -0.05) is 145 Å². The van der Waals surface area contributed by atoms with Crippen molar-refractivity contribution in [2.24, 2.45) is 0 Å². The first-order chi connectivity index (χ1) is 38.1. The third-order valence-corrected chi connectivity index (χ3v) is 8.05. The fourth-order valence-corrected chi connectivity index (χ4v) is 5.90. The van der Waals surface area contributed by atoms with Crippen LogP contribution in [0.25, 0.3) is 88.4 Å². The first-order valence-corrected chi connectivity index (χ1v) is 15.1. The lowest BCUT2D eigenvalue weighted by Crippen LogP contribution is -1.95. The van der Waals surface area contributed by atoms with E-state index in [0.29, 0.717) is 9.13 Å². The molecule has 2 nitrogen and oxygen atoms in total. The van der Waals surface area contributed by atoms with Crippen LogP contribution in [0.2, 0.25) is 0 Å². The summed E-state index contributed by atoms with van der Waals surface area (Å²) in [6.07, 6.45) is 0. The molecular weight excluding hydrogens is 617 g/mol. The molecule has 8 aromatic carbocycles. The lowest BCUT2D eigenvalue weighted by atomic mass is 9.99. The SMILES string of the molecule is [2H]c1c([2H])c([2H])c(-c2c([2H])c([2H])c(-n3c4c([2H])c([2H])c([2H])c([2H])c4c4c5c6c([2H])c([2H])c([2H])c([2H])c6n(-c6c([2H])c([2H])c([2H])c(-c7c([2H])c([2H])c(-c8c([2H])c([2H])c([2H])c(C)c8[2H])c([2H])c7[2H])c6[2H])c5c([2H])c([2H])c43)c([2H])c2[2H])c([2H])c1[2H]. The van der Waals surface area contributed by atoms with E-state index in [1.165, 1.54) is 6.92 Å². The Morgan fingerprint density at radius 3 is 1.41 bits per heavy atom. The predicted molar refractivity (Wildman–Crippen MR) is 216 cm³/mol. The van der Waals surface area contributed by atoms with Crippen molar-refractivity contribution in [3.05, 3.63) is 193 Å². The third kappa shape index (κ3) is 4.80. The van der Waals surface area contributed by atoms with Crippen molar-refractivity contribution in [1.29, 1.82) is 0 Å². The molecule has 0 aliphatic heterocycles. The molecule has 2 heteroatoms. The Labute approximate surface area is 340 Å². The summed E-state index contributed by atoms with van der Waals surface area (Å²) in [5.41, 5.74) is -9.32. The van der Waals surface area contributed by atoms with Gasteiger partial charge in [0.2, 0.25) is 0 Å². The molecule has 2 heterocycles. The van der Waals surface area contributed by atoms with Crippen molar-refractivity contribution in [2.75, 3.05) is 0 Å². The van der Waals surface area contributed by atoms with E-state index < -0.39 is 276 Å². The maximum atomic E-state index is 9.83. The first-order valence-electron chi connectivity index (χ1n) is 30.6. The highest BCUT2D eigenvalue weighted by molar-refractivity contribution is 6.28. The van der Waals surface area contributed by atoms with Crippen LogP contribution in [-0.4, -0.2) is 9.13 Å². The molecule has 2 aromatic heterocycles. The molecule has 0 radical (unpaired) electrons. The predicted octanol–water partition coefficient (Wildman–Crippen LogP) is 13.2. The highest BCUT2D eigenvalue weighted by Crippen LogP contribution is 2.42. The number of benzene rings is 8. The van der Waals surface area contributed by atoms with Gasteiger partial charge in [0.1, 0.15) is 0 Å². The molecule has 0 aliphatic rings. The Bertz CT molecular complexity index is 4590. The molecule has 0 amide bonds. The molecule has 0 aliphatic carbocycles. The van der Waals surface area contributed by atoms with Crippen molar-refractivity contribution in [3.63, 3.8) is 0 Å². The summed E-state index contributed by atoms with van der Waals surface area (Å²) in [4.78, 5) is 0. The molecule has 240 valence electrons. The van der Waals surface area contributed by atoms with Crippen molar-refractivity contribution < 1.29 is 42.5 Å². The maximum Gasteiger partial charge on any atom is 0.0651 e. The van der Waals surface area contributed by atoms with E-state index in [1.54, 1.807) is 0 Å². The van der Waals surface area contributed by atoms with Crippen molar-refractivity contribution in [2.45, 2.75) is 6.92 Å². The zero-order chi connectivity index (χ0) is 60.9. The van der Waals surface area contributed by atoms with E-state index in [9.17, 15) is 19.2 Å². The van der Waals surface area contributed by atoms with E-state index in [0.717, 1.165) is 0 Å². The smallest absolute Gasteiger partial charge is 0.0651 e. The zero-order valence-corrected chi connectivity index (χ0v) is 25.9.